The van der Waals surface area contributed by atoms with E-state index < -0.39 is 0 Å². The molecule has 0 radical (unpaired) electrons. The van der Waals surface area contributed by atoms with Crippen molar-refractivity contribution in [2.24, 2.45) is 4.99 Å². The molecule has 0 fully saturated rings. The molecule has 0 aliphatic heterocycles. The maximum absolute atomic E-state index is 11.4. The van der Waals surface area contributed by atoms with E-state index in [2.05, 4.69) is 39.0 Å². The number of hydrogen-bond acceptors (Lipinski definition) is 3. The Morgan fingerprint density at radius 1 is 1.08 bits per heavy atom. The maximum atomic E-state index is 11.4. The van der Waals surface area contributed by atoms with Gasteiger partial charge in [-0.25, -0.2) is 9.79 Å². The molecule has 0 bridgehead atoms. The van der Waals surface area contributed by atoms with Crippen molar-refractivity contribution in [2.45, 2.75) is 13.5 Å². The zero-order valence-electron chi connectivity index (χ0n) is 13.1. The summed E-state index contributed by atoms with van der Waals surface area (Å²) in [5.41, 5.74) is 4.53. The Kier molecular flexibility index (Phi) is 3.66. The molecule has 0 spiro atoms. The summed E-state index contributed by atoms with van der Waals surface area (Å²) in [7, 11) is 0. The number of nitrogens with one attached hydrogen (secondary N) is 2. The van der Waals surface area contributed by atoms with Crippen molar-refractivity contribution in [3.05, 3.63) is 69.2 Å². The lowest BCUT2D eigenvalue weighted by Crippen LogP contribution is -2.14. The third-order valence-electron chi connectivity index (χ3n) is 3.91. The van der Waals surface area contributed by atoms with Crippen molar-refractivity contribution >= 4 is 28.1 Å². The highest BCUT2D eigenvalue weighted by Gasteiger charge is 2.06. The van der Waals surface area contributed by atoms with Crippen LogP contribution < -0.4 is 10.5 Å². The Bertz CT molecular complexity index is 1120. The summed E-state index contributed by atoms with van der Waals surface area (Å²) in [6.07, 6.45) is 0. The molecule has 5 nitrogen and oxygen atoms in total. The van der Waals surface area contributed by atoms with E-state index in [4.69, 9.17) is 4.99 Å². The summed E-state index contributed by atoms with van der Waals surface area (Å²) >= 11 is 1.62. The molecule has 2 aromatic carbocycles. The van der Waals surface area contributed by atoms with Crippen LogP contribution in [0, 0.1) is 0 Å². The lowest BCUT2D eigenvalue weighted by molar-refractivity contribution is 0.745. The summed E-state index contributed by atoms with van der Waals surface area (Å²) in [6.45, 7) is 2.96. The van der Waals surface area contributed by atoms with E-state index in [1.54, 1.807) is 11.3 Å². The number of thiazole rings is 1. The van der Waals surface area contributed by atoms with E-state index >= 15 is 0 Å². The number of H-pyrrole nitrogens is 2. The topological polar surface area (TPSA) is 65.9 Å². The monoisotopic (exact) mass is 336 g/mol. The third kappa shape index (κ3) is 2.61. The van der Waals surface area contributed by atoms with Gasteiger partial charge in [0.15, 0.2) is 4.80 Å². The molecule has 2 heterocycles. The Hall–Kier alpha value is -2.86. The predicted octanol–water partition coefficient (Wildman–Crippen LogP) is 3.64. The minimum absolute atomic E-state index is 0.201. The molecule has 2 aromatic heterocycles. The highest BCUT2D eigenvalue weighted by Crippen LogP contribution is 2.21. The zero-order valence-corrected chi connectivity index (χ0v) is 13.9. The van der Waals surface area contributed by atoms with Crippen LogP contribution >= 0.6 is 11.3 Å². The second kappa shape index (κ2) is 5.98. The molecule has 2 N–H and O–H groups in total. The van der Waals surface area contributed by atoms with Crippen LogP contribution in [0.2, 0.25) is 0 Å². The van der Waals surface area contributed by atoms with Gasteiger partial charge >= 0.3 is 5.69 Å². The van der Waals surface area contributed by atoms with Crippen LogP contribution in [0.3, 0.4) is 0 Å². The number of aromatic nitrogens is 3. The molecule has 0 amide bonds. The van der Waals surface area contributed by atoms with Gasteiger partial charge in [0.25, 0.3) is 0 Å². The zero-order chi connectivity index (χ0) is 16.5. The van der Waals surface area contributed by atoms with Gasteiger partial charge in [-0.05, 0) is 30.7 Å². The molecule has 0 saturated heterocycles. The molecule has 0 unspecified atom stereocenters. The van der Waals surface area contributed by atoms with Gasteiger partial charge in [-0.3, -0.25) is 0 Å². The Morgan fingerprint density at radius 3 is 2.67 bits per heavy atom. The van der Waals surface area contributed by atoms with Gasteiger partial charge in [0.2, 0.25) is 0 Å². The molecule has 4 aromatic rings. The molecule has 0 aliphatic carbocycles. The highest BCUT2D eigenvalue weighted by atomic mass is 32.1. The van der Waals surface area contributed by atoms with Crippen LogP contribution in [0.5, 0.6) is 0 Å². The number of nitrogens with zero attached hydrogens (tertiary/aromatic N) is 2. The SMILES string of the molecule is CCn1c(-c2ccccc2)csc1=Nc1ccc2[nH]c(=O)[nH]c2c1. The van der Waals surface area contributed by atoms with Crippen molar-refractivity contribution in [3.63, 3.8) is 0 Å². The van der Waals surface area contributed by atoms with Gasteiger partial charge in [0.05, 0.1) is 22.4 Å². The minimum Gasteiger partial charge on any atom is -0.317 e. The Morgan fingerprint density at radius 2 is 1.88 bits per heavy atom. The van der Waals surface area contributed by atoms with Crippen molar-refractivity contribution in [1.29, 1.82) is 0 Å². The minimum atomic E-state index is -0.201. The molecule has 24 heavy (non-hydrogen) atoms. The number of imidazole rings is 1. The van der Waals surface area contributed by atoms with Crippen molar-refractivity contribution < 1.29 is 0 Å². The van der Waals surface area contributed by atoms with E-state index in [1.165, 1.54) is 5.56 Å². The molecule has 120 valence electrons. The van der Waals surface area contributed by atoms with Crippen molar-refractivity contribution in [2.75, 3.05) is 0 Å². The van der Waals surface area contributed by atoms with E-state index in [1.807, 2.05) is 36.4 Å². The molecular formula is C18H16N4OS. The summed E-state index contributed by atoms with van der Waals surface area (Å²) in [5, 5.41) is 2.13. The van der Waals surface area contributed by atoms with Crippen LogP contribution in [0.4, 0.5) is 5.69 Å². The molecule has 0 aliphatic rings. The maximum Gasteiger partial charge on any atom is 0.323 e. The summed E-state index contributed by atoms with van der Waals surface area (Å²) in [5.74, 6) is 0. The van der Waals surface area contributed by atoms with Crippen LogP contribution in [0.1, 0.15) is 6.92 Å². The van der Waals surface area contributed by atoms with Gasteiger partial charge in [0, 0.05) is 11.9 Å². The van der Waals surface area contributed by atoms with Gasteiger partial charge in [-0.2, -0.15) is 0 Å². The van der Waals surface area contributed by atoms with Crippen LogP contribution in [-0.4, -0.2) is 14.5 Å². The fraction of sp³-hybridized carbons (Fsp3) is 0.111. The van der Waals surface area contributed by atoms with Gasteiger partial charge < -0.3 is 14.5 Å². The number of aromatic amines is 2. The van der Waals surface area contributed by atoms with Crippen LogP contribution in [0.25, 0.3) is 22.3 Å². The van der Waals surface area contributed by atoms with Crippen molar-refractivity contribution in [3.8, 4) is 11.3 Å². The van der Waals surface area contributed by atoms with E-state index in [-0.39, 0.29) is 5.69 Å². The largest absolute Gasteiger partial charge is 0.323 e. The smallest absolute Gasteiger partial charge is 0.317 e. The number of fused-ring (bicyclic) bond motifs is 1. The summed E-state index contributed by atoms with van der Waals surface area (Å²) in [4.78, 5) is 22.6. The van der Waals surface area contributed by atoms with Gasteiger partial charge in [0.1, 0.15) is 0 Å². The van der Waals surface area contributed by atoms with Crippen molar-refractivity contribution in [1.82, 2.24) is 14.5 Å². The van der Waals surface area contributed by atoms with Crippen LogP contribution in [-0.2, 0) is 6.54 Å². The molecule has 6 heteroatoms. The first-order valence-electron chi connectivity index (χ1n) is 7.75. The highest BCUT2D eigenvalue weighted by molar-refractivity contribution is 7.07. The van der Waals surface area contributed by atoms with E-state index in [0.717, 1.165) is 33.8 Å². The predicted molar refractivity (Wildman–Crippen MR) is 97.6 cm³/mol. The second-order valence-corrected chi connectivity index (χ2v) is 6.27. The summed E-state index contributed by atoms with van der Waals surface area (Å²) in [6, 6.07) is 16.0. The van der Waals surface area contributed by atoms with E-state index in [9.17, 15) is 4.79 Å². The number of rotatable bonds is 3. The fourth-order valence-electron chi connectivity index (χ4n) is 2.76. The normalized spacial score (nSPS) is 12.1. The second-order valence-electron chi connectivity index (χ2n) is 5.43. The molecule has 0 atom stereocenters. The molecule has 4 rings (SSSR count). The lowest BCUT2D eigenvalue weighted by Gasteiger charge is -2.05. The number of benzene rings is 2. The molecule has 0 saturated carbocycles. The van der Waals surface area contributed by atoms with Crippen LogP contribution in [0.15, 0.2) is 63.7 Å². The molecular weight excluding hydrogens is 320 g/mol. The first-order chi connectivity index (χ1) is 11.7. The van der Waals surface area contributed by atoms with E-state index in [0.29, 0.717) is 0 Å². The summed E-state index contributed by atoms with van der Waals surface area (Å²) < 4.78 is 2.20. The average molecular weight is 336 g/mol. The first-order valence-corrected chi connectivity index (χ1v) is 8.63. The fourth-order valence-corrected chi connectivity index (χ4v) is 3.76. The quantitative estimate of drug-likeness (QED) is 0.589. The Labute approximate surface area is 142 Å². The standard InChI is InChI=1S/C18H16N4OS/c1-2-22-16(12-6-4-3-5-7-12)11-24-18(22)19-13-8-9-14-15(10-13)21-17(23)20-14/h3-11H,2H2,1H3,(H2,20,21,23). The average Bonchev–Trinajstić information content (AvgIpc) is 3.17. The number of hydrogen-bond donors (Lipinski definition) is 2. The van der Waals surface area contributed by atoms with Gasteiger partial charge in [-0.15, -0.1) is 11.3 Å². The Balaban J connectivity index is 1.84. The van der Waals surface area contributed by atoms with Gasteiger partial charge in [-0.1, -0.05) is 30.3 Å². The first kappa shape index (κ1) is 14.7. The lowest BCUT2D eigenvalue weighted by atomic mass is 10.2. The third-order valence-corrected chi connectivity index (χ3v) is 4.77.